The fourth-order valence-electron chi connectivity index (χ4n) is 3.80. The van der Waals surface area contributed by atoms with Crippen molar-refractivity contribution < 1.29 is 14.6 Å². The Kier molecular flexibility index (Phi) is 3.81. The number of rotatable bonds is 6. The van der Waals surface area contributed by atoms with Crippen molar-refractivity contribution in [2.24, 2.45) is 16.7 Å². The first-order valence-electron chi connectivity index (χ1n) is 6.82. The molecule has 2 saturated carbocycles. The summed E-state index contributed by atoms with van der Waals surface area (Å²) in [6.45, 7) is 8.95. The van der Waals surface area contributed by atoms with Gasteiger partial charge in [-0.1, -0.05) is 20.8 Å². The summed E-state index contributed by atoms with van der Waals surface area (Å²) in [7, 11) is 0. The maximum atomic E-state index is 8.61. The molecule has 0 radical (unpaired) electrons. The van der Waals surface area contributed by atoms with E-state index in [0.717, 1.165) is 5.92 Å². The second kappa shape index (κ2) is 4.87. The molecule has 2 aliphatic rings. The van der Waals surface area contributed by atoms with Crippen molar-refractivity contribution in [3.63, 3.8) is 0 Å². The highest BCUT2D eigenvalue weighted by Crippen LogP contribution is 2.66. The molecule has 3 atom stereocenters. The summed E-state index contributed by atoms with van der Waals surface area (Å²) in [6, 6.07) is 0. The second-order valence-corrected chi connectivity index (χ2v) is 6.31. The van der Waals surface area contributed by atoms with Gasteiger partial charge in [0.1, 0.15) is 0 Å². The zero-order chi connectivity index (χ0) is 12.5. The molecule has 2 bridgehead atoms. The van der Waals surface area contributed by atoms with E-state index < -0.39 is 0 Å². The van der Waals surface area contributed by atoms with Crippen molar-refractivity contribution in [1.82, 2.24) is 0 Å². The monoisotopic (exact) mass is 242 g/mol. The molecule has 2 aliphatic carbocycles. The van der Waals surface area contributed by atoms with Crippen LogP contribution in [0.15, 0.2) is 0 Å². The van der Waals surface area contributed by atoms with Crippen LogP contribution in [0.4, 0.5) is 0 Å². The van der Waals surface area contributed by atoms with Crippen LogP contribution >= 0.6 is 0 Å². The van der Waals surface area contributed by atoms with E-state index in [9.17, 15) is 0 Å². The fourth-order valence-corrected chi connectivity index (χ4v) is 3.80. The van der Waals surface area contributed by atoms with Crippen molar-refractivity contribution in [3.05, 3.63) is 0 Å². The minimum absolute atomic E-state index is 0.0935. The van der Waals surface area contributed by atoms with E-state index in [4.69, 9.17) is 14.6 Å². The van der Waals surface area contributed by atoms with Gasteiger partial charge in [-0.25, -0.2) is 0 Å². The lowest BCUT2D eigenvalue weighted by atomic mass is 9.70. The Morgan fingerprint density at radius 1 is 1.18 bits per heavy atom. The van der Waals surface area contributed by atoms with Gasteiger partial charge in [0.2, 0.25) is 0 Å². The van der Waals surface area contributed by atoms with E-state index in [1.165, 1.54) is 19.3 Å². The summed E-state index contributed by atoms with van der Waals surface area (Å²) in [6.07, 6.45) is 4.27. The van der Waals surface area contributed by atoms with Crippen molar-refractivity contribution >= 4 is 0 Å². The smallest absolute Gasteiger partial charge is 0.0704 e. The van der Waals surface area contributed by atoms with Crippen molar-refractivity contribution in [1.29, 1.82) is 0 Å². The van der Waals surface area contributed by atoms with Gasteiger partial charge >= 0.3 is 0 Å². The quantitative estimate of drug-likeness (QED) is 0.726. The first-order chi connectivity index (χ1) is 8.02. The van der Waals surface area contributed by atoms with Crippen molar-refractivity contribution in [2.45, 2.75) is 46.1 Å². The molecule has 0 spiro atoms. The summed E-state index contributed by atoms with van der Waals surface area (Å²) in [5.74, 6) is 0.830. The first kappa shape index (κ1) is 13.3. The lowest BCUT2D eigenvalue weighted by Crippen LogP contribution is -2.37. The van der Waals surface area contributed by atoms with Gasteiger partial charge in [0.05, 0.1) is 32.5 Å². The number of hydrogen-bond donors (Lipinski definition) is 1. The second-order valence-electron chi connectivity index (χ2n) is 6.31. The first-order valence-corrected chi connectivity index (χ1v) is 6.82. The van der Waals surface area contributed by atoms with E-state index in [-0.39, 0.29) is 6.61 Å². The average Bonchev–Trinajstić information content (AvgIpc) is 2.61. The van der Waals surface area contributed by atoms with Crippen LogP contribution in [0.1, 0.15) is 40.0 Å². The molecular formula is C14H26O3. The summed E-state index contributed by atoms with van der Waals surface area (Å²) < 4.78 is 11.2. The Bertz CT molecular complexity index is 264. The van der Waals surface area contributed by atoms with Crippen LogP contribution in [-0.4, -0.2) is 37.6 Å². The third-order valence-corrected chi connectivity index (χ3v) is 5.50. The van der Waals surface area contributed by atoms with Gasteiger partial charge < -0.3 is 14.6 Å². The fraction of sp³-hybridized carbons (Fsp3) is 1.00. The molecule has 0 aromatic carbocycles. The molecule has 0 unspecified atom stereocenters. The molecule has 0 saturated heterocycles. The largest absolute Gasteiger partial charge is 0.394 e. The van der Waals surface area contributed by atoms with Crippen LogP contribution < -0.4 is 0 Å². The molecule has 1 N–H and O–H groups in total. The van der Waals surface area contributed by atoms with Crippen LogP contribution in [0, 0.1) is 16.7 Å². The number of hydrogen-bond acceptors (Lipinski definition) is 3. The highest BCUT2D eigenvalue weighted by atomic mass is 16.5. The van der Waals surface area contributed by atoms with Gasteiger partial charge in [0.15, 0.2) is 0 Å². The Morgan fingerprint density at radius 3 is 2.47 bits per heavy atom. The standard InChI is InChI=1S/C14H26O3/c1-13(2)11-4-5-14(13,3)12(10-11)17-9-8-16-7-6-15/h11-12,15H,4-10H2,1-3H3/t11-,12+,14+/m0/s1. The molecule has 2 fully saturated rings. The Labute approximate surface area is 104 Å². The lowest BCUT2D eigenvalue weighted by Gasteiger charge is -2.38. The third-order valence-electron chi connectivity index (χ3n) is 5.50. The molecule has 3 nitrogen and oxygen atoms in total. The zero-order valence-electron chi connectivity index (χ0n) is 11.4. The highest BCUT2D eigenvalue weighted by molar-refractivity contribution is 5.11. The van der Waals surface area contributed by atoms with E-state index in [2.05, 4.69) is 20.8 Å². The van der Waals surface area contributed by atoms with Gasteiger partial charge in [-0.2, -0.15) is 0 Å². The topological polar surface area (TPSA) is 38.7 Å². The number of aliphatic hydroxyl groups excluding tert-OH is 1. The molecule has 17 heavy (non-hydrogen) atoms. The molecule has 0 aromatic heterocycles. The molecule has 2 rings (SSSR count). The summed E-state index contributed by atoms with van der Waals surface area (Å²) in [5, 5.41) is 8.61. The van der Waals surface area contributed by atoms with E-state index in [1.54, 1.807) is 0 Å². The van der Waals surface area contributed by atoms with Crippen LogP contribution in [0.5, 0.6) is 0 Å². The minimum Gasteiger partial charge on any atom is -0.394 e. The Hall–Kier alpha value is -0.120. The molecule has 0 heterocycles. The van der Waals surface area contributed by atoms with E-state index >= 15 is 0 Å². The van der Waals surface area contributed by atoms with Gasteiger partial charge in [-0.05, 0) is 36.0 Å². The van der Waals surface area contributed by atoms with Gasteiger partial charge in [-0.15, -0.1) is 0 Å². The van der Waals surface area contributed by atoms with E-state index in [0.29, 0.717) is 36.8 Å². The molecule has 0 aromatic rings. The maximum Gasteiger partial charge on any atom is 0.0704 e. The summed E-state index contributed by atoms with van der Waals surface area (Å²) in [5.41, 5.74) is 0.762. The van der Waals surface area contributed by atoms with Gasteiger partial charge in [0, 0.05) is 0 Å². The average molecular weight is 242 g/mol. The molecule has 0 amide bonds. The molecule has 0 aliphatic heterocycles. The van der Waals surface area contributed by atoms with Gasteiger partial charge in [-0.3, -0.25) is 0 Å². The lowest BCUT2D eigenvalue weighted by molar-refractivity contribution is -0.0662. The van der Waals surface area contributed by atoms with E-state index in [1.807, 2.05) is 0 Å². The molecular weight excluding hydrogens is 216 g/mol. The zero-order valence-corrected chi connectivity index (χ0v) is 11.4. The van der Waals surface area contributed by atoms with Crippen LogP contribution in [0.2, 0.25) is 0 Å². The van der Waals surface area contributed by atoms with Crippen molar-refractivity contribution in [3.8, 4) is 0 Å². The predicted molar refractivity (Wildman–Crippen MR) is 66.9 cm³/mol. The number of ether oxygens (including phenoxy) is 2. The Morgan fingerprint density at radius 2 is 1.94 bits per heavy atom. The maximum absolute atomic E-state index is 8.61. The predicted octanol–water partition coefficient (Wildman–Crippen LogP) is 2.23. The minimum atomic E-state index is 0.0935. The third kappa shape index (κ3) is 2.13. The molecule has 100 valence electrons. The number of fused-ring (bicyclic) bond motifs is 2. The van der Waals surface area contributed by atoms with Crippen LogP contribution in [0.3, 0.4) is 0 Å². The van der Waals surface area contributed by atoms with Crippen molar-refractivity contribution in [2.75, 3.05) is 26.4 Å². The van der Waals surface area contributed by atoms with Crippen LogP contribution in [0.25, 0.3) is 0 Å². The SMILES string of the molecule is CC1(C)[C@H]2CC[C@]1(C)[C@H](OCCOCCO)C2. The van der Waals surface area contributed by atoms with Gasteiger partial charge in [0.25, 0.3) is 0 Å². The summed E-state index contributed by atoms with van der Waals surface area (Å²) >= 11 is 0. The Balaban J connectivity index is 1.80. The number of aliphatic hydroxyl groups is 1. The summed E-state index contributed by atoms with van der Waals surface area (Å²) in [4.78, 5) is 0. The highest BCUT2D eigenvalue weighted by Gasteiger charge is 2.61. The molecule has 3 heteroatoms. The normalized spacial score (nSPS) is 38.8. The van der Waals surface area contributed by atoms with Crippen LogP contribution in [-0.2, 0) is 9.47 Å².